The summed E-state index contributed by atoms with van der Waals surface area (Å²) in [6, 6.07) is 0. The van der Waals surface area contributed by atoms with Gasteiger partial charge >= 0.3 is 0 Å². The maximum absolute atomic E-state index is 4.93. The Kier molecular flexibility index (Phi) is 3.84. The van der Waals surface area contributed by atoms with E-state index < -0.39 is 0 Å². The lowest BCUT2D eigenvalue weighted by atomic mass is 9.95. The molecule has 3 aromatic rings. The van der Waals surface area contributed by atoms with Crippen LogP contribution in [0.5, 0.6) is 0 Å². The van der Waals surface area contributed by atoms with Gasteiger partial charge in [-0.3, -0.25) is 9.30 Å². The highest BCUT2D eigenvalue weighted by Crippen LogP contribution is 2.42. The Hall–Kier alpha value is -1.77. The van der Waals surface area contributed by atoms with Crippen molar-refractivity contribution < 1.29 is 0 Å². The van der Waals surface area contributed by atoms with Gasteiger partial charge in [-0.15, -0.1) is 21.5 Å². The van der Waals surface area contributed by atoms with Gasteiger partial charge in [-0.1, -0.05) is 0 Å². The number of fused-ring (bicyclic) bond motifs is 2. The first kappa shape index (κ1) is 16.2. The van der Waals surface area contributed by atoms with Crippen LogP contribution in [0.3, 0.4) is 0 Å². The van der Waals surface area contributed by atoms with E-state index in [2.05, 4.69) is 41.0 Å². The molecule has 0 atom stereocenters. The van der Waals surface area contributed by atoms with Gasteiger partial charge in [0.05, 0.1) is 17.9 Å². The molecule has 2 aliphatic heterocycles. The van der Waals surface area contributed by atoms with Crippen LogP contribution in [0.4, 0.5) is 0 Å². The molecule has 6 rings (SSSR count). The molecule has 0 radical (unpaired) electrons. The van der Waals surface area contributed by atoms with Crippen LogP contribution in [0.15, 0.2) is 11.6 Å². The van der Waals surface area contributed by atoms with Gasteiger partial charge in [-0.05, 0) is 38.8 Å². The van der Waals surface area contributed by atoms with Crippen LogP contribution in [-0.2, 0) is 19.6 Å². The van der Waals surface area contributed by atoms with Gasteiger partial charge < -0.3 is 9.88 Å². The number of rotatable bonds is 4. The molecule has 0 bridgehead atoms. The van der Waals surface area contributed by atoms with Crippen molar-refractivity contribution in [2.24, 2.45) is 0 Å². The number of hydrogen-bond acceptors (Lipinski definition) is 6. The summed E-state index contributed by atoms with van der Waals surface area (Å²) < 4.78 is 4.68. The number of hydrogen-bond donors (Lipinski definition) is 1. The first-order valence-electron chi connectivity index (χ1n) is 10.2. The van der Waals surface area contributed by atoms with E-state index in [0.717, 1.165) is 50.1 Å². The monoisotopic (exact) mass is 383 g/mol. The van der Waals surface area contributed by atoms with Gasteiger partial charge in [0.25, 0.3) is 0 Å². The van der Waals surface area contributed by atoms with Crippen LogP contribution < -0.4 is 5.32 Å². The fourth-order valence-corrected chi connectivity index (χ4v) is 5.41. The van der Waals surface area contributed by atoms with Crippen LogP contribution in [0.25, 0.3) is 4.96 Å². The molecule has 1 saturated carbocycles. The normalized spacial score (nSPS) is 21.8. The molecule has 1 aliphatic carbocycles. The standard InChI is InChI=1S/C19H25N7S/c1-2-13(1)17-15(25-9-10-27-19(25)21-17)12-24-6-3-14(4-7-24)18-23-22-16-11-20-5-8-26(16)18/h9-10,13-14,20H,1-8,11-12H2. The number of imidazole rings is 1. The number of nitrogens with zero attached hydrogens (tertiary/aromatic N) is 6. The van der Waals surface area contributed by atoms with Gasteiger partial charge in [0, 0.05) is 43.0 Å². The number of piperidine rings is 1. The van der Waals surface area contributed by atoms with Gasteiger partial charge in [0.1, 0.15) is 11.6 Å². The van der Waals surface area contributed by atoms with Crippen LogP contribution >= 0.6 is 11.3 Å². The highest BCUT2D eigenvalue weighted by atomic mass is 32.1. The Morgan fingerprint density at radius 3 is 2.81 bits per heavy atom. The summed E-state index contributed by atoms with van der Waals surface area (Å²) >= 11 is 1.75. The number of aromatic nitrogens is 5. The van der Waals surface area contributed by atoms with E-state index in [4.69, 9.17) is 4.98 Å². The molecule has 1 N–H and O–H groups in total. The molecular formula is C19H25N7S. The van der Waals surface area contributed by atoms with Crippen LogP contribution in [-0.4, -0.2) is 48.7 Å². The number of likely N-dealkylation sites (tertiary alicyclic amines) is 1. The van der Waals surface area contributed by atoms with Crippen molar-refractivity contribution >= 4 is 16.3 Å². The zero-order chi connectivity index (χ0) is 17.8. The Bertz CT molecular complexity index is 958. The van der Waals surface area contributed by atoms with E-state index in [1.54, 1.807) is 11.3 Å². The molecule has 5 heterocycles. The maximum Gasteiger partial charge on any atom is 0.194 e. The SMILES string of the molecule is c1cn2c(CN3CCC(c4nnc5n4CCNC5)CC3)c(C3CC3)nc2s1. The first-order chi connectivity index (χ1) is 13.4. The van der Waals surface area contributed by atoms with Gasteiger partial charge in [-0.25, -0.2) is 4.98 Å². The lowest BCUT2D eigenvalue weighted by molar-refractivity contribution is 0.196. The molecule has 142 valence electrons. The van der Waals surface area contributed by atoms with E-state index in [0.29, 0.717) is 11.8 Å². The fraction of sp³-hybridized carbons (Fsp3) is 0.632. The molecular weight excluding hydrogens is 358 g/mol. The third-order valence-corrected chi connectivity index (χ3v) is 7.09. The zero-order valence-corrected chi connectivity index (χ0v) is 16.3. The summed E-state index contributed by atoms with van der Waals surface area (Å²) in [5.74, 6) is 3.58. The van der Waals surface area contributed by atoms with Crippen LogP contribution in [0.1, 0.15) is 60.6 Å². The Labute approximate surface area is 162 Å². The second-order valence-corrected chi connectivity index (χ2v) is 9.00. The second-order valence-electron chi connectivity index (χ2n) is 8.13. The van der Waals surface area contributed by atoms with E-state index in [9.17, 15) is 0 Å². The van der Waals surface area contributed by atoms with Crippen LogP contribution in [0.2, 0.25) is 0 Å². The Morgan fingerprint density at radius 1 is 1.07 bits per heavy atom. The van der Waals surface area contributed by atoms with Gasteiger partial charge in [0.15, 0.2) is 4.96 Å². The first-order valence-corrected chi connectivity index (χ1v) is 11.0. The molecule has 2 fully saturated rings. The average Bonchev–Trinajstić information content (AvgIpc) is 3.14. The van der Waals surface area contributed by atoms with Crippen molar-refractivity contribution in [3.8, 4) is 0 Å². The number of nitrogens with one attached hydrogen (secondary N) is 1. The molecule has 7 nitrogen and oxygen atoms in total. The van der Waals surface area contributed by atoms with Crippen molar-refractivity contribution in [2.75, 3.05) is 19.6 Å². The van der Waals surface area contributed by atoms with E-state index in [1.165, 1.54) is 42.9 Å². The molecule has 0 spiro atoms. The van der Waals surface area contributed by atoms with E-state index >= 15 is 0 Å². The predicted octanol–water partition coefficient (Wildman–Crippen LogP) is 2.35. The Morgan fingerprint density at radius 2 is 1.96 bits per heavy atom. The predicted molar refractivity (Wildman–Crippen MR) is 104 cm³/mol. The Balaban J connectivity index is 1.18. The lowest BCUT2D eigenvalue weighted by Gasteiger charge is -2.32. The summed E-state index contributed by atoms with van der Waals surface area (Å²) in [6.07, 6.45) is 7.17. The largest absolute Gasteiger partial charge is 0.312 e. The zero-order valence-electron chi connectivity index (χ0n) is 15.5. The minimum absolute atomic E-state index is 0.551. The highest BCUT2D eigenvalue weighted by molar-refractivity contribution is 7.15. The fourth-order valence-electron chi connectivity index (χ4n) is 4.67. The molecule has 27 heavy (non-hydrogen) atoms. The summed E-state index contributed by atoms with van der Waals surface area (Å²) in [7, 11) is 0. The topological polar surface area (TPSA) is 63.3 Å². The molecule has 0 amide bonds. The summed E-state index contributed by atoms with van der Waals surface area (Å²) in [5.41, 5.74) is 2.79. The summed E-state index contributed by atoms with van der Waals surface area (Å²) in [5, 5.41) is 14.5. The van der Waals surface area contributed by atoms with Crippen molar-refractivity contribution in [3.63, 3.8) is 0 Å². The summed E-state index contributed by atoms with van der Waals surface area (Å²) in [4.78, 5) is 8.70. The van der Waals surface area contributed by atoms with Crippen molar-refractivity contribution in [2.45, 2.75) is 57.2 Å². The van der Waals surface area contributed by atoms with E-state index in [-0.39, 0.29) is 0 Å². The van der Waals surface area contributed by atoms with Crippen molar-refractivity contribution in [3.05, 3.63) is 34.6 Å². The third-order valence-electron chi connectivity index (χ3n) is 6.33. The average molecular weight is 384 g/mol. The number of thiazole rings is 1. The smallest absolute Gasteiger partial charge is 0.194 e. The third kappa shape index (κ3) is 2.81. The minimum Gasteiger partial charge on any atom is -0.312 e. The molecule has 1 saturated heterocycles. The molecule has 3 aromatic heterocycles. The molecule has 3 aliphatic rings. The molecule has 0 unspecified atom stereocenters. The van der Waals surface area contributed by atoms with E-state index in [1.807, 2.05) is 0 Å². The van der Waals surface area contributed by atoms with Crippen LogP contribution in [0, 0.1) is 0 Å². The molecule has 8 heteroatoms. The maximum atomic E-state index is 4.93. The minimum atomic E-state index is 0.551. The van der Waals surface area contributed by atoms with Gasteiger partial charge in [0.2, 0.25) is 0 Å². The van der Waals surface area contributed by atoms with Gasteiger partial charge in [-0.2, -0.15) is 0 Å². The van der Waals surface area contributed by atoms with Crippen molar-refractivity contribution in [1.82, 2.24) is 34.4 Å². The second kappa shape index (κ2) is 6.39. The molecule has 0 aromatic carbocycles. The van der Waals surface area contributed by atoms with Crippen molar-refractivity contribution in [1.29, 1.82) is 0 Å². The lowest BCUT2D eigenvalue weighted by Crippen LogP contribution is -2.35. The quantitative estimate of drug-likeness (QED) is 0.749. The highest BCUT2D eigenvalue weighted by Gasteiger charge is 2.32. The summed E-state index contributed by atoms with van der Waals surface area (Å²) in [6.45, 7) is 6.18.